The number of aromatic nitrogens is 2. The van der Waals surface area contributed by atoms with Crippen LogP contribution in [0.4, 0.5) is 4.39 Å². The molecule has 0 spiro atoms. The second-order valence-electron chi connectivity index (χ2n) is 7.15. The van der Waals surface area contributed by atoms with Crippen molar-refractivity contribution in [1.29, 1.82) is 0 Å². The molecule has 2 aliphatic heterocycles. The third kappa shape index (κ3) is 3.34. The van der Waals surface area contributed by atoms with Crippen LogP contribution in [0.1, 0.15) is 22.3 Å². The van der Waals surface area contributed by atoms with Gasteiger partial charge in [-0.1, -0.05) is 0 Å². The van der Waals surface area contributed by atoms with Crippen LogP contribution in [-0.2, 0) is 4.74 Å². The maximum absolute atomic E-state index is 13.9. The topological polar surface area (TPSA) is 81.5 Å². The van der Waals surface area contributed by atoms with Crippen LogP contribution < -0.4 is 10.1 Å². The fraction of sp³-hybridized carbons (Fsp3) is 0.333. The number of nitrogens with one attached hydrogen (secondary N) is 1. The highest BCUT2D eigenvalue weighted by Crippen LogP contribution is 2.35. The summed E-state index contributed by atoms with van der Waals surface area (Å²) in [6.45, 7) is 4.93. The van der Waals surface area contributed by atoms with Gasteiger partial charge in [0.25, 0.3) is 11.9 Å². The van der Waals surface area contributed by atoms with Gasteiger partial charge in [0, 0.05) is 42.2 Å². The largest absolute Gasteiger partial charge is 0.465 e. The molecule has 1 amide bonds. The molecule has 2 aromatic carbocycles. The highest BCUT2D eigenvalue weighted by Gasteiger charge is 2.24. The summed E-state index contributed by atoms with van der Waals surface area (Å²) in [5.74, 6) is -0.795. The van der Waals surface area contributed by atoms with E-state index in [2.05, 4.69) is 20.2 Å². The average molecular weight is 395 g/mol. The third-order valence-corrected chi connectivity index (χ3v) is 5.33. The second-order valence-corrected chi connectivity index (χ2v) is 7.15. The minimum absolute atomic E-state index is 0.375. The van der Waals surface area contributed by atoms with Crippen LogP contribution in [0.2, 0.25) is 0 Å². The molecule has 3 aromatic rings. The Balaban J connectivity index is 1.44. The molecular formula is C21H20FN4O3. The molecule has 0 unspecified atom stereocenters. The Labute approximate surface area is 166 Å². The van der Waals surface area contributed by atoms with Gasteiger partial charge in [-0.3, -0.25) is 9.69 Å². The van der Waals surface area contributed by atoms with Crippen LogP contribution in [0.3, 0.4) is 0 Å². The number of fused-ring (bicyclic) bond motifs is 6. The summed E-state index contributed by atoms with van der Waals surface area (Å²) in [6.07, 6.45) is 4.05. The predicted octanol–water partition coefficient (Wildman–Crippen LogP) is 2.69. The van der Waals surface area contributed by atoms with Crippen molar-refractivity contribution in [3.05, 3.63) is 41.3 Å². The van der Waals surface area contributed by atoms with E-state index in [-0.39, 0.29) is 0 Å². The minimum Gasteiger partial charge on any atom is -0.465 e. The molecule has 3 heterocycles. The van der Waals surface area contributed by atoms with Gasteiger partial charge in [0.1, 0.15) is 11.3 Å². The molecule has 149 valence electrons. The van der Waals surface area contributed by atoms with Crippen molar-refractivity contribution in [2.24, 2.45) is 0 Å². The first-order chi connectivity index (χ1) is 14.2. The summed E-state index contributed by atoms with van der Waals surface area (Å²) >= 11 is 0. The highest BCUT2D eigenvalue weighted by atomic mass is 19.1. The number of amides is 1. The van der Waals surface area contributed by atoms with Gasteiger partial charge in [-0.15, -0.1) is 0 Å². The minimum atomic E-state index is -0.402. The summed E-state index contributed by atoms with van der Waals surface area (Å²) < 4.78 is 25.1. The summed E-state index contributed by atoms with van der Waals surface area (Å²) in [5, 5.41) is 5.08. The number of carbonyl (C=O) groups excluding carboxylic acids is 1. The van der Waals surface area contributed by atoms with Crippen molar-refractivity contribution in [3.63, 3.8) is 0 Å². The monoisotopic (exact) mass is 395 g/mol. The van der Waals surface area contributed by atoms with Gasteiger partial charge in [-0.2, -0.15) is 4.98 Å². The first-order valence-corrected chi connectivity index (χ1v) is 9.70. The standard InChI is InChI=1S/C21H20FN4O3/c22-13-2-3-14-16(12-13)17-15(4-5-23-20(17)27)19-18(14)24-21(25-19)29-9-1-6-26-7-10-28-11-8-26/h2-5,12H,1,6-11H2,(H,24,25). The van der Waals surface area contributed by atoms with E-state index >= 15 is 0 Å². The lowest BCUT2D eigenvalue weighted by Gasteiger charge is -2.26. The Kier molecular flexibility index (Phi) is 4.65. The van der Waals surface area contributed by atoms with E-state index in [4.69, 9.17) is 9.47 Å². The maximum atomic E-state index is 13.9. The number of halogens is 1. The van der Waals surface area contributed by atoms with Crippen LogP contribution in [0, 0.1) is 5.82 Å². The number of ether oxygens (including phenoxy) is 2. The van der Waals surface area contributed by atoms with Crippen molar-refractivity contribution >= 4 is 33.8 Å². The van der Waals surface area contributed by atoms with E-state index < -0.39 is 11.7 Å². The second kappa shape index (κ2) is 7.46. The number of hydrogen-bond donors (Lipinski definition) is 1. The number of hydrogen-bond acceptors (Lipinski definition) is 5. The zero-order valence-corrected chi connectivity index (χ0v) is 15.8. The Morgan fingerprint density at radius 3 is 2.97 bits per heavy atom. The van der Waals surface area contributed by atoms with E-state index in [0.717, 1.165) is 50.2 Å². The van der Waals surface area contributed by atoms with Crippen LogP contribution in [-0.4, -0.2) is 60.2 Å². The lowest BCUT2D eigenvalue weighted by atomic mass is 9.94. The molecule has 1 radical (unpaired) electrons. The zero-order valence-electron chi connectivity index (χ0n) is 15.8. The van der Waals surface area contributed by atoms with Gasteiger partial charge in [-0.05, 0) is 30.7 Å². The van der Waals surface area contributed by atoms with Crippen LogP contribution in [0.5, 0.6) is 6.01 Å². The van der Waals surface area contributed by atoms with E-state index in [0.29, 0.717) is 34.6 Å². The number of morpholine rings is 1. The molecule has 1 fully saturated rings. The Hall–Kier alpha value is -2.97. The number of H-pyrrole nitrogens is 1. The van der Waals surface area contributed by atoms with Crippen LogP contribution in [0.15, 0.2) is 24.4 Å². The highest BCUT2D eigenvalue weighted by molar-refractivity contribution is 6.20. The van der Waals surface area contributed by atoms with E-state index in [1.807, 2.05) is 0 Å². The molecule has 0 atom stereocenters. The Morgan fingerprint density at radius 1 is 1.24 bits per heavy atom. The molecular weight excluding hydrogens is 375 g/mol. The number of nitrogens with zero attached hydrogens (tertiary/aromatic N) is 3. The molecule has 2 aliphatic rings. The van der Waals surface area contributed by atoms with Gasteiger partial charge in [-0.25, -0.2) is 9.71 Å². The quantitative estimate of drug-likeness (QED) is 0.672. The molecule has 1 aromatic heterocycles. The lowest BCUT2D eigenvalue weighted by molar-refractivity contribution is 0.0356. The van der Waals surface area contributed by atoms with Gasteiger partial charge >= 0.3 is 0 Å². The van der Waals surface area contributed by atoms with E-state index in [1.54, 1.807) is 12.1 Å². The Morgan fingerprint density at radius 2 is 2.10 bits per heavy atom. The average Bonchev–Trinajstić information content (AvgIpc) is 3.16. The molecule has 0 saturated carbocycles. The molecule has 5 rings (SSSR count). The molecule has 1 saturated heterocycles. The molecule has 8 heteroatoms. The summed E-state index contributed by atoms with van der Waals surface area (Å²) in [7, 11) is 0. The number of rotatable bonds is 5. The van der Waals surface area contributed by atoms with Crippen molar-refractivity contribution < 1.29 is 18.7 Å². The van der Waals surface area contributed by atoms with Gasteiger partial charge < -0.3 is 14.5 Å². The van der Waals surface area contributed by atoms with Crippen LogP contribution >= 0.6 is 0 Å². The van der Waals surface area contributed by atoms with Gasteiger partial charge in [0.2, 0.25) is 0 Å². The van der Waals surface area contributed by atoms with E-state index in [9.17, 15) is 9.18 Å². The SMILES string of the molecule is O=C1[N]C=Cc2c1c1cc(F)ccc1c1[nH]c(OCCCN3CCOCC3)nc21. The van der Waals surface area contributed by atoms with Crippen molar-refractivity contribution in [1.82, 2.24) is 20.2 Å². The van der Waals surface area contributed by atoms with Gasteiger partial charge in [0.05, 0.1) is 30.9 Å². The molecule has 0 aliphatic carbocycles. The molecule has 29 heavy (non-hydrogen) atoms. The smallest absolute Gasteiger partial charge is 0.294 e. The Bertz CT molecular complexity index is 1120. The summed E-state index contributed by atoms with van der Waals surface area (Å²) in [5.41, 5.74) is 2.36. The predicted molar refractivity (Wildman–Crippen MR) is 106 cm³/mol. The lowest BCUT2D eigenvalue weighted by Crippen LogP contribution is -2.37. The van der Waals surface area contributed by atoms with Crippen molar-refractivity contribution in [3.8, 4) is 6.01 Å². The zero-order chi connectivity index (χ0) is 19.8. The fourth-order valence-electron chi connectivity index (χ4n) is 3.93. The first kappa shape index (κ1) is 18.1. The van der Waals surface area contributed by atoms with Crippen molar-refractivity contribution in [2.75, 3.05) is 39.5 Å². The fourth-order valence-corrected chi connectivity index (χ4v) is 3.93. The number of imidazole rings is 1. The number of aromatic amines is 1. The summed E-state index contributed by atoms with van der Waals surface area (Å²) in [6, 6.07) is 4.78. The van der Waals surface area contributed by atoms with Gasteiger partial charge in [0.15, 0.2) is 0 Å². The summed E-state index contributed by atoms with van der Waals surface area (Å²) in [4.78, 5) is 22.5. The maximum Gasteiger partial charge on any atom is 0.294 e. The molecule has 1 N–H and O–H groups in total. The van der Waals surface area contributed by atoms with Crippen LogP contribution in [0.25, 0.3) is 27.9 Å². The normalized spacial score (nSPS) is 16.9. The molecule has 0 bridgehead atoms. The third-order valence-electron chi connectivity index (χ3n) is 5.33. The van der Waals surface area contributed by atoms with E-state index in [1.165, 1.54) is 18.3 Å². The van der Waals surface area contributed by atoms with Crippen molar-refractivity contribution in [2.45, 2.75) is 6.42 Å². The number of carbonyl (C=O) groups is 1. The number of benzene rings is 2. The first-order valence-electron chi connectivity index (χ1n) is 9.70. The molecule has 7 nitrogen and oxygen atoms in total.